The van der Waals surface area contributed by atoms with Crippen LogP contribution < -0.4 is 4.80 Å². The Morgan fingerprint density at radius 3 is 2.66 bits per heavy atom. The van der Waals surface area contributed by atoms with Crippen LogP contribution >= 0.6 is 43.2 Å². The number of hydrogen-bond donors (Lipinski definition) is 1. The maximum atomic E-state index is 10.9. The van der Waals surface area contributed by atoms with Gasteiger partial charge in [0.05, 0.1) is 27.8 Å². The quantitative estimate of drug-likeness (QED) is 0.199. The number of non-ortho nitro benzene ring substituents is 1. The molecule has 3 rings (SSSR count). The lowest BCUT2D eigenvalue weighted by molar-refractivity contribution is -0.384. The van der Waals surface area contributed by atoms with Crippen molar-refractivity contribution < 1.29 is 10.0 Å². The van der Waals surface area contributed by atoms with Gasteiger partial charge in [-0.1, -0.05) is 22.0 Å². The summed E-state index contributed by atoms with van der Waals surface area (Å²) in [4.78, 5) is 15.5. The lowest BCUT2D eigenvalue weighted by Gasteiger charge is -2.05. The Labute approximate surface area is 186 Å². The molecule has 1 N–H and O–H groups in total. The molecule has 7 nitrogen and oxygen atoms in total. The Kier molecular flexibility index (Phi) is 6.78. The number of nitrogens with zero attached hydrogens (tertiary/aromatic N) is 4. The Bertz CT molecular complexity index is 1170. The van der Waals surface area contributed by atoms with Crippen molar-refractivity contribution >= 4 is 55.1 Å². The SMILES string of the molecule is C=CCN=c1scc(-c2ccc([N+](=O)[O-])cc2)n1N=Cc1cc(Br)cc(Br)c1O. The number of aromatic nitrogens is 1. The molecule has 2 aromatic carbocycles. The predicted octanol–water partition coefficient (Wildman–Crippen LogP) is 5.32. The average molecular weight is 538 g/mol. The van der Waals surface area contributed by atoms with Crippen LogP contribution in [-0.4, -0.2) is 27.5 Å². The molecule has 0 radical (unpaired) electrons. The second kappa shape index (κ2) is 9.29. The topological polar surface area (TPSA) is 93.0 Å². The number of phenols is 1. The van der Waals surface area contributed by atoms with Crippen LogP contribution in [0.25, 0.3) is 11.3 Å². The highest BCUT2D eigenvalue weighted by atomic mass is 79.9. The molecule has 0 aliphatic rings. The minimum absolute atomic E-state index is 0.0134. The molecule has 1 aromatic heterocycles. The number of thiazole rings is 1. The van der Waals surface area contributed by atoms with Crippen LogP contribution in [0.1, 0.15) is 5.56 Å². The first-order valence-corrected chi connectivity index (χ1v) is 10.7. The highest BCUT2D eigenvalue weighted by Gasteiger charge is 2.11. The summed E-state index contributed by atoms with van der Waals surface area (Å²) in [7, 11) is 0. The zero-order chi connectivity index (χ0) is 21.0. The van der Waals surface area contributed by atoms with Crippen LogP contribution in [0.5, 0.6) is 5.75 Å². The number of hydrogen-bond acceptors (Lipinski definition) is 6. The van der Waals surface area contributed by atoms with E-state index >= 15 is 0 Å². The van der Waals surface area contributed by atoms with Gasteiger partial charge in [-0.15, -0.1) is 17.9 Å². The van der Waals surface area contributed by atoms with Crippen LogP contribution in [0, 0.1) is 10.1 Å². The highest BCUT2D eigenvalue weighted by molar-refractivity contribution is 9.11. The van der Waals surface area contributed by atoms with E-state index in [-0.39, 0.29) is 11.4 Å². The van der Waals surface area contributed by atoms with E-state index in [1.54, 1.807) is 35.0 Å². The summed E-state index contributed by atoms with van der Waals surface area (Å²) >= 11 is 8.08. The summed E-state index contributed by atoms with van der Waals surface area (Å²) in [6, 6.07) is 9.69. The third kappa shape index (κ3) is 4.89. The molecule has 0 fully saturated rings. The molecule has 0 spiro atoms. The van der Waals surface area contributed by atoms with Gasteiger partial charge in [0.2, 0.25) is 4.80 Å². The molecular formula is C19H14Br2N4O3S. The highest BCUT2D eigenvalue weighted by Crippen LogP contribution is 2.31. The number of halogens is 2. The third-order valence-corrected chi connectivity index (χ3v) is 5.70. The largest absolute Gasteiger partial charge is 0.506 e. The number of rotatable bonds is 6. The van der Waals surface area contributed by atoms with E-state index in [4.69, 9.17) is 0 Å². The molecule has 0 aliphatic carbocycles. The summed E-state index contributed by atoms with van der Waals surface area (Å²) in [5.41, 5.74) is 2.00. The molecule has 0 aliphatic heterocycles. The standard InChI is InChI=1S/C19H14Br2N4O3S/c1-2-7-22-19-24(23-10-13-8-14(20)9-16(21)18(13)26)17(11-29-19)12-3-5-15(6-4-12)25(27)28/h2-6,8-11,26H,1,7H2. The van der Waals surface area contributed by atoms with Gasteiger partial charge in [0.1, 0.15) is 5.75 Å². The maximum absolute atomic E-state index is 10.9. The van der Waals surface area contributed by atoms with Crippen molar-refractivity contribution in [3.63, 3.8) is 0 Å². The van der Waals surface area contributed by atoms with Gasteiger partial charge in [-0.2, -0.15) is 5.10 Å². The molecule has 0 atom stereocenters. The van der Waals surface area contributed by atoms with Crippen LogP contribution in [0.15, 0.2) is 73.5 Å². The van der Waals surface area contributed by atoms with E-state index in [1.807, 2.05) is 5.38 Å². The molecule has 0 bridgehead atoms. The fourth-order valence-electron chi connectivity index (χ4n) is 2.42. The van der Waals surface area contributed by atoms with Gasteiger partial charge in [-0.05, 0) is 40.2 Å². The molecule has 3 aromatic rings. The van der Waals surface area contributed by atoms with E-state index in [2.05, 4.69) is 48.5 Å². The van der Waals surface area contributed by atoms with Crippen LogP contribution in [0.4, 0.5) is 5.69 Å². The average Bonchev–Trinajstić information content (AvgIpc) is 3.10. The number of phenolic OH excluding ortho intramolecular Hbond substituents is 1. The Morgan fingerprint density at radius 2 is 2.00 bits per heavy atom. The molecule has 1 heterocycles. The van der Waals surface area contributed by atoms with E-state index in [0.29, 0.717) is 21.4 Å². The smallest absolute Gasteiger partial charge is 0.269 e. The Balaban J connectivity index is 2.10. The van der Waals surface area contributed by atoms with Crippen molar-refractivity contribution in [2.75, 3.05) is 6.54 Å². The first-order valence-electron chi connectivity index (χ1n) is 8.20. The summed E-state index contributed by atoms with van der Waals surface area (Å²) < 4.78 is 2.95. The van der Waals surface area contributed by atoms with Crippen molar-refractivity contribution in [1.29, 1.82) is 0 Å². The second-order valence-corrected chi connectivity index (χ2v) is 8.33. The van der Waals surface area contributed by atoms with Crippen molar-refractivity contribution in [3.05, 3.63) is 83.9 Å². The van der Waals surface area contributed by atoms with Gasteiger partial charge < -0.3 is 5.11 Å². The predicted molar refractivity (Wildman–Crippen MR) is 122 cm³/mol. The molecular weight excluding hydrogens is 524 g/mol. The normalized spacial score (nSPS) is 11.9. The van der Waals surface area contributed by atoms with Gasteiger partial charge in [-0.3, -0.25) is 15.1 Å². The molecule has 148 valence electrons. The first-order chi connectivity index (χ1) is 13.9. The summed E-state index contributed by atoms with van der Waals surface area (Å²) in [6.45, 7) is 4.10. The van der Waals surface area contributed by atoms with Crippen LogP contribution in [0.2, 0.25) is 0 Å². The molecule has 0 saturated heterocycles. The lowest BCUT2D eigenvalue weighted by Crippen LogP contribution is -2.12. The van der Waals surface area contributed by atoms with Gasteiger partial charge in [0.25, 0.3) is 5.69 Å². The van der Waals surface area contributed by atoms with Gasteiger partial charge in [0.15, 0.2) is 0 Å². The Morgan fingerprint density at radius 1 is 1.28 bits per heavy atom. The van der Waals surface area contributed by atoms with Gasteiger partial charge in [0, 0.05) is 33.1 Å². The lowest BCUT2D eigenvalue weighted by atomic mass is 10.1. The summed E-state index contributed by atoms with van der Waals surface area (Å²) in [5.74, 6) is 0.0641. The second-order valence-electron chi connectivity index (χ2n) is 5.72. The van der Waals surface area contributed by atoms with Crippen molar-refractivity contribution in [1.82, 2.24) is 4.68 Å². The fraction of sp³-hybridized carbons (Fsp3) is 0.0526. The third-order valence-electron chi connectivity index (χ3n) is 3.78. The molecule has 0 saturated carbocycles. The van der Waals surface area contributed by atoms with E-state index in [1.165, 1.54) is 29.7 Å². The minimum Gasteiger partial charge on any atom is -0.506 e. The maximum Gasteiger partial charge on any atom is 0.269 e. The Hall–Kier alpha value is -2.56. The van der Waals surface area contributed by atoms with Gasteiger partial charge in [-0.25, -0.2) is 4.68 Å². The molecule has 0 amide bonds. The van der Waals surface area contributed by atoms with Crippen molar-refractivity contribution in [2.24, 2.45) is 10.1 Å². The number of nitro benzene ring substituents is 1. The summed E-state index contributed by atoms with van der Waals surface area (Å²) in [5, 5.41) is 27.5. The zero-order valence-electron chi connectivity index (χ0n) is 14.8. The van der Waals surface area contributed by atoms with Crippen molar-refractivity contribution in [3.8, 4) is 17.0 Å². The monoisotopic (exact) mass is 536 g/mol. The molecule has 0 unspecified atom stereocenters. The summed E-state index contributed by atoms with van der Waals surface area (Å²) in [6.07, 6.45) is 3.20. The van der Waals surface area contributed by atoms with Gasteiger partial charge >= 0.3 is 0 Å². The van der Waals surface area contributed by atoms with Crippen LogP contribution in [-0.2, 0) is 0 Å². The minimum atomic E-state index is -0.442. The molecule has 29 heavy (non-hydrogen) atoms. The van der Waals surface area contributed by atoms with E-state index in [9.17, 15) is 15.2 Å². The zero-order valence-corrected chi connectivity index (χ0v) is 18.8. The first kappa shape index (κ1) is 21.2. The molecule has 10 heteroatoms. The number of aromatic hydroxyl groups is 1. The fourth-order valence-corrected chi connectivity index (χ4v) is 4.52. The van der Waals surface area contributed by atoms with E-state index in [0.717, 1.165) is 15.7 Å². The van der Waals surface area contributed by atoms with E-state index < -0.39 is 4.92 Å². The van der Waals surface area contributed by atoms with Crippen molar-refractivity contribution in [2.45, 2.75) is 0 Å². The van der Waals surface area contributed by atoms with Crippen LogP contribution in [0.3, 0.4) is 0 Å². The number of benzene rings is 2. The number of nitro groups is 1.